The molecule has 2 nitrogen and oxygen atoms in total. The number of hydrogen-bond acceptors (Lipinski definition) is 2. The summed E-state index contributed by atoms with van der Waals surface area (Å²) in [6, 6.07) is 0. The third-order valence-electron chi connectivity index (χ3n) is 1.14. The van der Waals surface area contributed by atoms with Gasteiger partial charge in [-0.2, -0.15) is 0 Å². The SMILES string of the molecule is O=C1CCC([Si])CO1. The number of carbonyl (C=O) groups excluding carboxylic acids is 1. The van der Waals surface area contributed by atoms with Gasteiger partial charge >= 0.3 is 5.97 Å². The van der Waals surface area contributed by atoms with Crippen molar-refractivity contribution in [3.8, 4) is 0 Å². The predicted molar refractivity (Wildman–Crippen MR) is 29.7 cm³/mol. The highest BCUT2D eigenvalue weighted by Crippen LogP contribution is 2.15. The topological polar surface area (TPSA) is 26.3 Å². The van der Waals surface area contributed by atoms with Gasteiger partial charge in [0.05, 0.1) is 6.61 Å². The van der Waals surface area contributed by atoms with Crippen LogP contribution in [0.4, 0.5) is 0 Å². The fraction of sp³-hybridized carbons (Fsp3) is 0.800. The summed E-state index contributed by atoms with van der Waals surface area (Å²) in [5.74, 6) is -0.0699. The second-order valence-corrected chi connectivity index (χ2v) is 2.74. The normalized spacial score (nSPS) is 29.6. The fourth-order valence-corrected chi connectivity index (χ4v) is 0.869. The van der Waals surface area contributed by atoms with Gasteiger partial charge in [-0.25, -0.2) is 0 Å². The van der Waals surface area contributed by atoms with Gasteiger partial charge in [-0.3, -0.25) is 4.79 Å². The molecule has 8 heavy (non-hydrogen) atoms. The lowest BCUT2D eigenvalue weighted by atomic mass is 10.2. The quantitative estimate of drug-likeness (QED) is 0.345. The molecule has 1 heterocycles. The molecule has 3 heteroatoms. The molecule has 0 spiro atoms. The second kappa shape index (κ2) is 2.30. The van der Waals surface area contributed by atoms with E-state index in [0.29, 0.717) is 18.6 Å². The minimum atomic E-state index is -0.0699. The van der Waals surface area contributed by atoms with Crippen molar-refractivity contribution in [2.75, 3.05) is 6.61 Å². The highest BCUT2D eigenvalue weighted by molar-refractivity contribution is 6.12. The van der Waals surface area contributed by atoms with Crippen LogP contribution in [0.1, 0.15) is 12.8 Å². The Morgan fingerprint density at radius 3 is 2.88 bits per heavy atom. The van der Waals surface area contributed by atoms with Crippen LogP contribution in [0.3, 0.4) is 0 Å². The lowest BCUT2D eigenvalue weighted by Crippen LogP contribution is -2.17. The van der Waals surface area contributed by atoms with Crippen LogP contribution in [0.5, 0.6) is 0 Å². The molecule has 1 fully saturated rings. The molecule has 0 N–H and O–H groups in total. The first-order valence-corrected chi connectivity index (χ1v) is 3.23. The van der Waals surface area contributed by atoms with Gasteiger partial charge in [-0.1, -0.05) is 0 Å². The Hall–Kier alpha value is -0.313. The summed E-state index contributed by atoms with van der Waals surface area (Å²) < 4.78 is 4.70. The molecule has 0 aliphatic carbocycles. The zero-order valence-electron chi connectivity index (χ0n) is 4.52. The van der Waals surface area contributed by atoms with Gasteiger partial charge in [-0.05, 0) is 12.0 Å². The molecule has 43 valence electrons. The molecule has 0 saturated carbocycles. The average Bonchev–Trinajstić information content (AvgIpc) is 1.77. The molecule has 0 aromatic heterocycles. The van der Waals surface area contributed by atoms with Crippen LogP contribution in [-0.4, -0.2) is 22.8 Å². The van der Waals surface area contributed by atoms with E-state index < -0.39 is 0 Å². The maximum absolute atomic E-state index is 10.4. The number of carbonyl (C=O) groups is 1. The van der Waals surface area contributed by atoms with Gasteiger partial charge in [0.1, 0.15) is 0 Å². The first kappa shape index (κ1) is 5.82. The highest BCUT2D eigenvalue weighted by Gasteiger charge is 2.14. The Morgan fingerprint density at radius 2 is 2.50 bits per heavy atom. The van der Waals surface area contributed by atoms with Crippen LogP contribution >= 0.6 is 0 Å². The lowest BCUT2D eigenvalue weighted by Gasteiger charge is -2.16. The third-order valence-corrected chi connectivity index (χ3v) is 1.60. The van der Waals surface area contributed by atoms with E-state index in [1.54, 1.807) is 0 Å². The molecule has 0 aromatic carbocycles. The van der Waals surface area contributed by atoms with E-state index in [1.807, 2.05) is 0 Å². The number of esters is 1. The van der Waals surface area contributed by atoms with Crippen LogP contribution in [0.15, 0.2) is 0 Å². The van der Waals surface area contributed by atoms with E-state index in [1.165, 1.54) is 0 Å². The van der Waals surface area contributed by atoms with Crippen LogP contribution in [0, 0.1) is 0 Å². The van der Waals surface area contributed by atoms with Crippen molar-refractivity contribution in [2.24, 2.45) is 0 Å². The van der Waals surface area contributed by atoms with Crippen LogP contribution in [0.25, 0.3) is 0 Å². The van der Waals surface area contributed by atoms with Gasteiger partial charge < -0.3 is 4.74 Å². The zero-order valence-corrected chi connectivity index (χ0v) is 5.52. The van der Waals surface area contributed by atoms with E-state index >= 15 is 0 Å². The average molecular weight is 127 g/mol. The third kappa shape index (κ3) is 1.33. The van der Waals surface area contributed by atoms with Gasteiger partial charge in [0.15, 0.2) is 0 Å². The van der Waals surface area contributed by atoms with Crippen LogP contribution in [-0.2, 0) is 9.53 Å². The number of cyclic esters (lactones) is 1. The molecular formula is C5H7O2Si. The minimum Gasteiger partial charge on any atom is -0.466 e. The first-order valence-electron chi connectivity index (χ1n) is 2.66. The summed E-state index contributed by atoms with van der Waals surface area (Å²) in [5, 5.41) is 0. The maximum atomic E-state index is 10.4. The predicted octanol–water partition coefficient (Wildman–Crippen LogP) is 0.280. The fourth-order valence-electron chi connectivity index (χ4n) is 0.641. The molecule has 1 saturated heterocycles. The summed E-state index contributed by atoms with van der Waals surface area (Å²) in [4.78, 5) is 10.4. The molecule has 1 aliphatic heterocycles. The summed E-state index contributed by atoms with van der Waals surface area (Å²) in [6.07, 6.45) is 1.48. The van der Waals surface area contributed by atoms with Crippen molar-refractivity contribution >= 4 is 16.2 Å². The maximum Gasteiger partial charge on any atom is 0.305 e. The largest absolute Gasteiger partial charge is 0.466 e. The Kier molecular flexibility index (Phi) is 1.68. The van der Waals surface area contributed by atoms with Crippen molar-refractivity contribution < 1.29 is 9.53 Å². The van der Waals surface area contributed by atoms with Crippen molar-refractivity contribution in [1.82, 2.24) is 0 Å². The van der Waals surface area contributed by atoms with E-state index in [4.69, 9.17) is 4.74 Å². The van der Waals surface area contributed by atoms with Gasteiger partial charge in [0.25, 0.3) is 0 Å². The van der Waals surface area contributed by atoms with Crippen molar-refractivity contribution in [2.45, 2.75) is 18.4 Å². The molecular weight excluding hydrogens is 120 g/mol. The molecule has 1 atom stereocenters. The second-order valence-electron chi connectivity index (χ2n) is 1.92. The standard InChI is InChI=1S/C5H7O2Si/c6-5-2-1-4(8)3-7-5/h4H,1-3H2. The van der Waals surface area contributed by atoms with Crippen LogP contribution in [0.2, 0.25) is 5.54 Å². The molecule has 3 radical (unpaired) electrons. The molecule has 0 bridgehead atoms. The van der Waals surface area contributed by atoms with E-state index in [2.05, 4.69) is 10.2 Å². The summed E-state index contributed by atoms with van der Waals surface area (Å²) in [7, 11) is 3.38. The van der Waals surface area contributed by atoms with Gasteiger partial charge in [0.2, 0.25) is 0 Å². The van der Waals surface area contributed by atoms with E-state index in [9.17, 15) is 4.79 Å². The smallest absolute Gasteiger partial charge is 0.305 e. The monoisotopic (exact) mass is 127 g/mol. The van der Waals surface area contributed by atoms with Gasteiger partial charge in [-0.15, -0.1) is 0 Å². The Labute approximate surface area is 51.6 Å². The Bertz CT molecular complexity index is 92.6. The Morgan fingerprint density at radius 1 is 1.75 bits per heavy atom. The van der Waals surface area contributed by atoms with Crippen molar-refractivity contribution in [3.63, 3.8) is 0 Å². The minimum absolute atomic E-state index is 0.0699. The molecule has 1 rings (SSSR count). The number of hydrogen-bond donors (Lipinski definition) is 0. The molecule has 1 unspecified atom stereocenters. The zero-order chi connectivity index (χ0) is 5.98. The Balaban J connectivity index is 2.29. The highest BCUT2D eigenvalue weighted by atomic mass is 28.1. The lowest BCUT2D eigenvalue weighted by molar-refractivity contribution is -0.146. The number of ether oxygens (including phenoxy) is 1. The van der Waals surface area contributed by atoms with E-state index in [-0.39, 0.29) is 5.97 Å². The molecule has 1 aliphatic rings. The summed E-state index contributed by atoms with van der Waals surface area (Å²) >= 11 is 0. The van der Waals surface area contributed by atoms with Gasteiger partial charge in [0, 0.05) is 16.7 Å². The number of rotatable bonds is 0. The first-order chi connectivity index (χ1) is 3.79. The van der Waals surface area contributed by atoms with Crippen molar-refractivity contribution in [1.29, 1.82) is 0 Å². The summed E-state index contributed by atoms with van der Waals surface area (Å²) in [6.45, 7) is 0.537. The van der Waals surface area contributed by atoms with E-state index in [0.717, 1.165) is 6.42 Å². The summed E-state index contributed by atoms with van der Waals surface area (Å²) in [5.41, 5.74) is 0.382. The van der Waals surface area contributed by atoms with Crippen LogP contribution < -0.4 is 0 Å². The molecule has 0 aromatic rings. The molecule has 0 amide bonds. The van der Waals surface area contributed by atoms with Crippen molar-refractivity contribution in [3.05, 3.63) is 0 Å².